The molecular weight excluding hydrogens is 401 g/mol. The van der Waals surface area contributed by atoms with Crippen LogP contribution < -0.4 is 21.0 Å². The predicted molar refractivity (Wildman–Crippen MR) is 115 cm³/mol. The number of carbonyl (C=O) groups is 3. The predicted octanol–water partition coefficient (Wildman–Crippen LogP) is 2.18. The number of hydrazone groups is 1. The Morgan fingerprint density at radius 1 is 1.16 bits per heavy atom. The van der Waals surface area contributed by atoms with Crippen molar-refractivity contribution in [3.63, 3.8) is 0 Å². The highest BCUT2D eigenvalue weighted by atomic mass is 19.1. The number of primary amides is 1. The molecule has 2 aromatic rings. The number of nitrogens with one attached hydrogen (secondary N) is 1. The van der Waals surface area contributed by atoms with E-state index in [2.05, 4.69) is 10.4 Å². The number of fused-ring (bicyclic) bond motifs is 1. The van der Waals surface area contributed by atoms with Crippen LogP contribution in [0.4, 0.5) is 21.5 Å². The number of carbonyl (C=O) groups excluding carboxylic acids is 3. The fourth-order valence-electron chi connectivity index (χ4n) is 3.91. The Morgan fingerprint density at radius 3 is 2.58 bits per heavy atom. The van der Waals surface area contributed by atoms with Crippen molar-refractivity contribution < 1.29 is 18.8 Å². The molecule has 0 saturated heterocycles. The van der Waals surface area contributed by atoms with Gasteiger partial charge in [0.1, 0.15) is 17.6 Å². The van der Waals surface area contributed by atoms with Gasteiger partial charge >= 0.3 is 0 Å². The number of hydrogen-bond acceptors (Lipinski definition) is 5. The first-order valence-electron chi connectivity index (χ1n) is 9.97. The molecule has 0 bridgehead atoms. The van der Waals surface area contributed by atoms with Gasteiger partial charge in [0.25, 0.3) is 5.91 Å². The zero-order chi connectivity index (χ0) is 22.1. The number of amides is 3. The van der Waals surface area contributed by atoms with Gasteiger partial charge in [-0.2, -0.15) is 5.10 Å². The second kappa shape index (κ2) is 8.17. The molecule has 9 heteroatoms. The van der Waals surface area contributed by atoms with Crippen molar-refractivity contribution in [1.29, 1.82) is 0 Å². The highest BCUT2D eigenvalue weighted by molar-refractivity contribution is 6.44. The van der Waals surface area contributed by atoms with Gasteiger partial charge in [0.05, 0.1) is 5.69 Å². The normalized spacial score (nSPS) is 17.7. The molecule has 3 amide bonds. The summed E-state index contributed by atoms with van der Waals surface area (Å²) >= 11 is 0. The maximum atomic E-state index is 13.2. The minimum atomic E-state index is -0.834. The molecule has 2 heterocycles. The first-order valence-corrected chi connectivity index (χ1v) is 9.97. The summed E-state index contributed by atoms with van der Waals surface area (Å²) in [6.45, 7) is 2.21. The highest BCUT2D eigenvalue weighted by Crippen LogP contribution is 2.30. The third-order valence-corrected chi connectivity index (χ3v) is 5.43. The van der Waals surface area contributed by atoms with E-state index < -0.39 is 23.7 Å². The third kappa shape index (κ3) is 4.11. The number of rotatable bonds is 4. The zero-order valence-electron chi connectivity index (χ0n) is 17.0. The van der Waals surface area contributed by atoms with Crippen LogP contribution in [0.5, 0.6) is 0 Å². The van der Waals surface area contributed by atoms with Crippen molar-refractivity contribution in [2.75, 3.05) is 21.8 Å². The molecule has 8 nitrogen and oxygen atoms in total. The van der Waals surface area contributed by atoms with Gasteiger partial charge in [-0.05, 0) is 60.9 Å². The molecule has 0 spiro atoms. The van der Waals surface area contributed by atoms with Gasteiger partial charge in [-0.15, -0.1) is 0 Å². The summed E-state index contributed by atoms with van der Waals surface area (Å²) in [4.78, 5) is 38.3. The first kappa shape index (κ1) is 20.5. The van der Waals surface area contributed by atoms with E-state index in [9.17, 15) is 18.8 Å². The quantitative estimate of drug-likeness (QED) is 0.786. The lowest BCUT2D eigenvalue weighted by Crippen LogP contribution is -2.39. The van der Waals surface area contributed by atoms with E-state index in [1.807, 2.05) is 12.1 Å². The minimum absolute atomic E-state index is 0.0172. The molecule has 1 unspecified atom stereocenters. The summed E-state index contributed by atoms with van der Waals surface area (Å²) in [7, 11) is 0. The number of nitrogens with two attached hydrogens (primary N) is 1. The monoisotopic (exact) mass is 423 g/mol. The van der Waals surface area contributed by atoms with Gasteiger partial charge < -0.3 is 16.0 Å². The van der Waals surface area contributed by atoms with E-state index in [4.69, 9.17) is 5.73 Å². The van der Waals surface area contributed by atoms with Crippen LogP contribution in [0, 0.1) is 5.82 Å². The van der Waals surface area contributed by atoms with Crippen LogP contribution in [0.15, 0.2) is 47.6 Å². The first-order chi connectivity index (χ1) is 14.8. The lowest BCUT2D eigenvalue weighted by Gasteiger charge is -2.28. The van der Waals surface area contributed by atoms with Gasteiger partial charge in [-0.3, -0.25) is 19.4 Å². The number of nitrogens with zero attached hydrogens (tertiary/aromatic N) is 3. The Bertz CT molecular complexity index is 1080. The van der Waals surface area contributed by atoms with Crippen molar-refractivity contribution in [3.05, 3.63) is 53.8 Å². The van der Waals surface area contributed by atoms with Crippen LogP contribution in [0.25, 0.3) is 0 Å². The molecule has 0 radical (unpaired) electrons. The molecule has 160 valence electrons. The molecule has 0 aromatic heterocycles. The van der Waals surface area contributed by atoms with E-state index in [0.29, 0.717) is 17.9 Å². The number of hydrogen-bond donors (Lipinski definition) is 2. The van der Waals surface area contributed by atoms with Crippen molar-refractivity contribution in [3.8, 4) is 0 Å². The van der Waals surface area contributed by atoms with Crippen molar-refractivity contribution >= 4 is 40.5 Å². The lowest BCUT2D eigenvalue weighted by molar-refractivity contribution is -0.119. The van der Waals surface area contributed by atoms with Crippen molar-refractivity contribution in [2.45, 2.75) is 32.2 Å². The molecule has 2 aliphatic heterocycles. The summed E-state index contributed by atoms with van der Waals surface area (Å²) in [6, 6.07) is 10.0. The molecule has 4 rings (SSSR count). The van der Waals surface area contributed by atoms with Crippen LogP contribution in [0.2, 0.25) is 0 Å². The topological polar surface area (TPSA) is 108 Å². The second-order valence-electron chi connectivity index (χ2n) is 7.56. The van der Waals surface area contributed by atoms with Gasteiger partial charge in [0.15, 0.2) is 0 Å². The standard InChI is InChI=1S/C22H22FN5O3/c1-13(29)27-10-2-3-14-11-16(6-9-19(14)27)25-22(31)18-12-20(21(24)30)28(26-18)17-7-4-15(23)5-8-17/h4-9,11,20H,2-3,10,12H2,1H3,(H2,24,30)(H,25,31). The van der Waals surface area contributed by atoms with Crippen LogP contribution in [0.3, 0.4) is 0 Å². The van der Waals surface area contributed by atoms with Gasteiger partial charge in [0.2, 0.25) is 11.8 Å². The average Bonchev–Trinajstić information content (AvgIpc) is 3.19. The van der Waals surface area contributed by atoms with E-state index in [1.54, 1.807) is 11.0 Å². The van der Waals surface area contributed by atoms with Crippen LogP contribution >= 0.6 is 0 Å². The highest BCUT2D eigenvalue weighted by Gasteiger charge is 2.35. The summed E-state index contributed by atoms with van der Waals surface area (Å²) < 4.78 is 13.2. The number of aryl methyl sites for hydroxylation is 1. The third-order valence-electron chi connectivity index (χ3n) is 5.43. The Morgan fingerprint density at radius 2 is 1.90 bits per heavy atom. The zero-order valence-corrected chi connectivity index (χ0v) is 17.0. The van der Waals surface area contributed by atoms with Gasteiger partial charge in [0, 0.05) is 31.3 Å². The Kier molecular flexibility index (Phi) is 5.41. The van der Waals surface area contributed by atoms with Gasteiger partial charge in [-0.1, -0.05) is 0 Å². The van der Waals surface area contributed by atoms with Crippen LogP contribution in [0.1, 0.15) is 25.3 Å². The van der Waals surface area contributed by atoms with Gasteiger partial charge in [-0.25, -0.2) is 4.39 Å². The van der Waals surface area contributed by atoms with Crippen molar-refractivity contribution in [2.24, 2.45) is 10.8 Å². The molecule has 1 atom stereocenters. The molecule has 2 aromatic carbocycles. The molecule has 31 heavy (non-hydrogen) atoms. The SMILES string of the molecule is CC(=O)N1CCCc2cc(NC(=O)C3=NN(c4ccc(F)cc4)C(C(N)=O)C3)ccc21. The summed E-state index contributed by atoms with van der Waals surface area (Å²) in [6.07, 6.45) is 1.71. The molecule has 0 aliphatic carbocycles. The van der Waals surface area contributed by atoms with E-state index >= 15 is 0 Å². The molecule has 0 fully saturated rings. The Labute approximate surface area is 178 Å². The lowest BCUT2D eigenvalue weighted by atomic mass is 10.0. The molecule has 3 N–H and O–H groups in total. The summed E-state index contributed by atoms with van der Waals surface area (Å²) in [5, 5.41) is 8.42. The molecular formula is C22H22FN5O3. The van der Waals surface area contributed by atoms with E-state index in [1.165, 1.54) is 36.2 Å². The minimum Gasteiger partial charge on any atom is -0.368 e. The fraction of sp³-hybridized carbons (Fsp3) is 0.273. The Balaban J connectivity index is 1.54. The largest absolute Gasteiger partial charge is 0.368 e. The average molecular weight is 423 g/mol. The smallest absolute Gasteiger partial charge is 0.271 e. The van der Waals surface area contributed by atoms with Crippen LogP contribution in [-0.4, -0.2) is 36.0 Å². The van der Waals surface area contributed by atoms with Crippen LogP contribution in [-0.2, 0) is 20.8 Å². The molecule has 2 aliphatic rings. The van der Waals surface area contributed by atoms with E-state index in [-0.39, 0.29) is 18.0 Å². The fourth-order valence-corrected chi connectivity index (χ4v) is 3.91. The molecule has 0 saturated carbocycles. The number of benzene rings is 2. The number of anilines is 3. The second-order valence-corrected chi connectivity index (χ2v) is 7.56. The summed E-state index contributed by atoms with van der Waals surface area (Å²) in [5.41, 5.74) is 8.52. The maximum absolute atomic E-state index is 13.2. The summed E-state index contributed by atoms with van der Waals surface area (Å²) in [5.74, 6) is -1.52. The maximum Gasteiger partial charge on any atom is 0.271 e. The number of halogens is 1. The van der Waals surface area contributed by atoms with E-state index in [0.717, 1.165) is 24.1 Å². The van der Waals surface area contributed by atoms with Crippen molar-refractivity contribution in [1.82, 2.24) is 0 Å². The Hall–Kier alpha value is -3.75.